The fourth-order valence-electron chi connectivity index (χ4n) is 1.81. The van der Waals surface area contributed by atoms with Crippen LogP contribution in [0.4, 0.5) is 10.8 Å². The number of nitrogens with one attached hydrogen (secondary N) is 1. The third-order valence-electron chi connectivity index (χ3n) is 2.84. The van der Waals surface area contributed by atoms with Gasteiger partial charge in [-0.05, 0) is 51.9 Å². The van der Waals surface area contributed by atoms with E-state index in [4.69, 9.17) is 5.73 Å². The van der Waals surface area contributed by atoms with Gasteiger partial charge in [-0.2, -0.15) is 4.37 Å². The van der Waals surface area contributed by atoms with Crippen molar-refractivity contribution in [3.8, 4) is 0 Å². The maximum absolute atomic E-state index is 12.2. The van der Waals surface area contributed by atoms with Gasteiger partial charge in [-0.25, -0.2) is 8.42 Å². The van der Waals surface area contributed by atoms with E-state index >= 15 is 0 Å². The summed E-state index contributed by atoms with van der Waals surface area (Å²) in [6, 6.07) is 0.160. The largest absolute Gasteiger partial charge is 0.382 e. The average Bonchev–Trinajstić information content (AvgIpc) is 2.68. The minimum Gasteiger partial charge on any atom is -0.382 e. The highest BCUT2D eigenvalue weighted by Gasteiger charge is 2.25. The van der Waals surface area contributed by atoms with Gasteiger partial charge in [0.05, 0.1) is 5.75 Å². The third kappa shape index (κ3) is 4.60. The lowest BCUT2D eigenvalue weighted by Gasteiger charge is -2.17. The Balaban J connectivity index is 2.87. The summed E-state index contributed by atoms with van der Waals surface area (Å²) in [4.78, 5) is 2.26. The summed E-state index contributed by atoms with van der Waals surface area (Å²) in [6.45, 7) is 4.79. The third-order valence-corrected chi connectivity index (χ3v) is 5.75. The molecule has 20 heavy (non-hydrogen) atoms. The topological polar surface area (TPSA) is 88.3 Å². The monoisotopic (exact) mass is 320 g/mol. The lowest BCUT2D eigenvalue weighted by atomic mass is 10.2. The second kappa shape index (κ2) is 7.24. The second-order valence-electron chi connectivity index (χ2n) is 5.18. The molecule has 1 unspecified atom stereocenters. The number of anilines is 2. The molecule has 116 valence electrons. The highest BCUT2D eigenvalue weighted by molar-refractivity contribution is 7.91. The Bertz CT molecular complexity index is 526. The zero-order valence-corrected chi connectivity index (χ0v) is 14.1. The van der Waals surface area contributed by atoms with Crippen molar-refractivity contribution in [2.75, 3.05) is 37.4 Å². The molecule has 0 aliphatic rings. The van der Waals surface area contributed by atoms with Crippen molar-refractivity contribution < 1.29 is 8.42 Å². The normalized spacial score (nSPS) is 13.7. The Morgan fingerprint density at radius 1 is 1.45 bits per heavy atom. The van der Waals surface area contributed by atoms with Crippen molar-refractivity contribution in [1.82, 2.24) is 9.27 Å². The smallest absolute Gasteiger partial charge is 0.185 e. The minimum absolute atomic E-state index is 0.0936. The van der Waals surface area contributed by atoms with Crippen LogP contribution in [0, 0.1) is 0 Å². The van der Waals surface area contributed by atoms with Gasteiger partial charge in [0.15, 0.2) is 15.7 Å². The Hall–Kier alpha value is -0.860. The first kappa shape index (κ1) is 17.2. The summed E-state index contributed by atoms with van der Waals surface area (Å²) in [5, 5.41) is 3.78. The van der Waals surface area contributed by atoms with E-state index in [0.29, 0.717) is 11.4 Å². The van der Waals surface area contributed by atoms with E-state index in [-0.39, 0.29) is 22.5 Å². The molecule has 0 aliphatic heterocycles. The van der Waals surface area contributed by atoms with E-state index in [2.05, 4.69) is 14.6 Å². The molecule has 0 spiro atoms. The number of rotatable bonds is 8. The molecule has 0 aromatic carbocycles. The predicted octanol–water partition coefficient (Wildman–Crippen LogP) is 1.66. The molecule has 1 aromatic heterocycles. The first-order valence-electron chi connectivity index (χ1n) is 6.67. The maximum Gasteiger partial charge on any atom is 0.185 e. The average molecular weight is 320 g/mol. The zero-order valence-electron chi connectivity index (χ0n) is 12.5. The molecular formula is C12H24N4O2S2. The SMILES string of the molecule is CCCS(=O)(=O)c1c(N)nsc1NC(C)CCN(C)C. The molecule has 1 atom stereocenters. The standard InChI is InChI=1S/C12H24N4O2S2/c1-5-8-20(17,18)10-11(13)15-19-12(10)14-9(2)6-7-16(3)4/h9,14H,5-8H2,1-4H3,(H2,13,15). The highest BCUT2D eigenvalue weighted by Crippen LogP contribution is 2.33. The van der Waals surface area contributed by atoms with Crippen molar-refractivity contribution in [1.29, 1.82) is 0 Å². The van der Waals surface area contributed by atoms with Gasteiger partial charge in [0.1, 0.15) is 9.90 Å². The van der Waals surface area contributed by atoms with Crippen LogP contribution in [0.3, 0.4) is 0 Å². The molecule has 0 saturated carbocycles. The van der Waals surface area contributed by atoms with Crippen molar-refractivity contribution >= 4 is 32.2 Å². The Morgan fingerprint density at radius 2 is 2.10 bits per heavy atom. The Kier molecular flexibility index (Phi) is 6.22. The van der Waals surface area contributed by atoms with Gasteiger partial charge in [0.2, 0.25) is 0 Å². The number of nitrogens with zero attached hydrogens (tertiary/aromatic N) is 2. The molecule has 0 bridgehead atoms. The first-order chi connectivity index (χ1) is 9.27. The fourth-order valence-corrected chi connectivity index (χ4v) is 4.53. The van der Waals surface area contributed by atoms with Gasteiger partial charge in [-0.1, -0.05) is 6.92 Å². The second-order valence-corrected chi connectivity index (χ2v) is 8.00. The predicted molar refractivity (Wildman–Crippen MR) is 85.1 cm³/mol. The molecule has 3 N–H and O–H groups in total. The molecule has 0 saturated heterocycles. The summed E-state index contributed by atoms with van der Waals surface area (Å²) < 4.78 is 28.4. The molecule has 0 radical (unpaired) electrons. The summed E-state index contributed by atoms with van der Waals surface area (Å²) >= 11 is 1.11. The van der Waals surface area contributed by atoms with Crippen LogP contribution in [0.15, 0.2) is 4.90 Å². The van der Waals surface area contributed by atoms with Crippen LogP contribution in [0.25, 0.3) is 0 Å². The molecule has 1 aromatic rings. The number of hydrogen-bond acceptors (Lipinski definition) is 7. The lowest BCUT2D eigenvalue weighted by Crippen LogP contribution is -2.23. The minimum atomic E-state index is -3.36. The number of nitrogens with two attached hydrogens (primary N) is 1. The molecule has 8 heteroatoms. The summed E-state index contributed by atoms with van der Waals surface area (Å²) in [6.07, 6.45) is 1.48. The van der Waals surface area contributed by atoms with E-state index in [1.165, 1.54) is 0 Å². The van der Waals surface area contributed by atoms with E-state index in [1.807, 2.05) is 27.9 Å². The zero-order chi connectivity index (χ0) is 15.3. The molecule has 1 heterocycles. The highest BCUT2D eigenvalue weighted by atomic mass is 32.2. The number of hydrogen-bond donors (Lipinski definition) is 2. The van der Waals surface area contributed by atoms with Crippen molar-refractivity contribution in [2.24, 2.45) is 0 Å². The van der Waals surface area contributed by atoms with Gasteiger partial charge < -0.3 is 16.0 Å². The fraction of sp³-hybridized carbons (Fsp3) is 0.750. The van der Waals surface area contributed by atoms with Gasteiger partial charge >= 0.3 is 0 Å². The van der Waals surface area contributed by atoms with Gasteiger partial charge in [-0.3, -0.25) is 0 Å². The van der Waals surface area contributed by atoms with Crippen LogP contribution in [0.1, 0.15) is 26.7 Å². The lowest BCUT2D eigenvalue weighted by molar-refractivity contribution is 0.390. The van der Waals surface area contributed by atoms with Gasteiger partial charge in [-0.15, -0.1) is 0 Å². The Morgan fingerprint density at radius 3 is 2.65 bits per heavy atom. The van der Waals surface area contributed by atoms with Gasteiger partial charge in [0, 0.05) is 6.04 Å². The molecular weight excluding hydrogens is 296 g/mol. The van der Waals surface area contributed by atoms with Crippen LogP contribution in [0.5, 0.6) is 0 Å². The van der Waals surface area contributed by atoms with E-state index < -0.39 is 9.84 Å². The molecule has 1 rings (SSSR count). The maximum atomic E-state index is 12.2. The van der Waals surface area contributed by atoms with E-state index in [9.17, 15) is 8.42 Å². The molecule has 0 fully saturated rings. The van der Waals surface area contributed by atoms with Crippen molar-refractivity contribution in [3.05, 3.63) is 0 Å². The summed E-state index contributed by atoms with van der Waals surface area (Å²) in [5.41, 5.74) is 5.73. The number of nitrogen functional groups attached to an aromatic ring is 1. The quantitative estimate of drug-likeness (QED) is 0.757. The number of aromatic nitrogens is 1. The van der Waals surface area contributed by atoms with Gasteiger partial charge in [0.25, 0.3) is 0 Å². The van der Waals surface area contributed by atoms with E-state index in [1.54, 1.807) is 0 Å². The first-order valence-corrected chi connectivity index (χ1v) is 9.09. The van der Waals surface area contributed by atoms with Crippen LogP contribution in [-0.2, 0) is 9.84 Å². The van der Waals surface area contributed by atoms with Crippen LogP contribution >= 0.6 is 11.5 Å². The van der Waals surface area contributed by atoms with Crippen LogP contribution in [-0.4, -0.2) is 50.1 Å². The van der Waals surface area contributed by atoms with Crippen LogP contribution < -0.4 is 11.1 Å². The summed E-state index contributed by atoms with van der Waals surface area (Å²) in [5.74, 6) is 0.196. The number of sulfone groups is 1. The molecule has 0 aliphatic carbocycles. The molecule has 6 nitrogen and oxygen atoms in total. The Labute approximate surface area is 125 Å². The van der Waals surface area contributed by atoms with Crippen LogP contribution in [0.2, 0.25) is 0 Å². The summed E-state index contributed by atoms with van der Waals surface area (Å²) in [7, 11) is 0.662. The van der Waals surface area contributed by atoms with Crippen molar-refractivity contribution in [3.63, 3.8) is 0 Å². The van der Waals surface area contributed by atoms with Crippen molar-refractivity contribution in [2.45, 2.75) is 37.6 Å². The van der Waals surface area contributed by atoms with E-state index in [0.717, 1.165) is 24.5 Å². The molecule has 0 amide bonds.